The minimum Gasteiger partial charge on any atom is -0.756 e. The maximum atomic E-state index is 12.9. The van der Waals surface area contributed by atoms with Crippen LogP contribution in [0.25, 0.3) is 0 Å². The molecule has 2 atom stereocenters. The Morgan fingerprint density at radius 3 is 1.00 bits per heavy atom. The van der Waals surface area contributed by atoms with Gasteiger partial charge in [0, 0.05) is 12.8 Å². The van der Waals surface area contributed by atoms with Gasteiger partial charge in [0.1, 0.15) is 19.8 Å². The molecule has 0 bridgehead atoms. The Labute approximate surface area is 526 Å². The molecule has 0 aliphatic carbocycles. The van der Waals surface area contributed by atoms with Gasteiger partial charge in [-0.1, -0.05) is 330 Å². The van der Waals surface area contributed by atoms with Crippen LogP contribution in [-0.2, 0) is 32.7 Å². The monoisotopic (exact) mass is 1210 g/mol. The minimum absolute atomic E-state index is 0.0302. The number of carbonyl (C=O) groups excluding carboxylic acids is 2. The molecule has 0 rings (SSSR count). The Bertz CT molecular complexity index is 1710. The molecular weight excluding hydrogens is 1070 g/mol. The van der Waals surface area contributed by atoms with Crippen LogP contribution in [0, 0.1) is 0 Å². The third-order valence-electron chi connectivity index (χ3n) is 15.7. The summed E-state index contributed by atoms with van der Waals surface area (Å²) in [6, 6.07) is 0. The molecule has 0 saturated heterocycles. The number of ether oxygens (including phenoxy) is 2. The number of hydrogen-bond acceptors (Lipinski definition) is 8. The van der Waals surface area contributed by atoms with Crippen molar-refractivity contribution in [2.24, 2.45) is 0 Å². The van der Waals surface area contributed by atoms with Crippen molar-refractivity contribution in [3.63, 3.8) is 0 Å². The zero-order chi connectivity index (χ0) is 61.9. The van der Waals surface area contributed by atoms with Gasteiger partial charge in [-0.05, 0) is 70.6 Å². The topological polar surface area (TPSA) is 111 Å². The quantitative estimate of drug-likeness (QED) is 0.0195. The first-order chi connectivity index (χ1) is 41.5. The van der Waals surface area contributed by atoms with Crippen LogP contribution in [0.15, 0.2) is 85.1 Å². The average Bonchev–Trinajstić information content (AvgIpc) is 3.50. The zero-order valence-electron chi connectivity index (χ0n) is 56.3. The van der Waals surface area contributed by atoms with Crippen LogP contribution in [0.5, 0.6) is 0 Å². The number of phosphoric acid groups is 1. The van der Waals surface area contributed by atoms with E-state index in [2.05, 4.69) is 98.9 Å². The van der Waals surface area contributed by atoms with E-state index in [0.29, 0.717) is 17.4 Å². The molecule has 0 aliphatic heterocycles. The van der Waals surface area contributed by atoms with Gasteiger partial charge in [-0.15, -0.1) is 0 Å². The van der Waals surface area contributed by atoms with E-state index in [9.17, 15) is 19.0 Å². The maximum Gasteiger partial charge on any atom is 0.306 e. The van der Waals surface area contributed by atoms with Gasteiger partial charge in [-0.2, -0.15) is 0 Å². The van der Waals surface area contributed by atoms with Crippen LogP contribution < -0.4 is 4.89 Å². The fraction of sp³-hybridized carbons (Fsp3) is 0.787. The van der Waals surface area contributed by atoms with E-state index < -0.39 is 26.5 Å². The van der Waals surface area contributed by atoms with E-state index in [1.54, 1.807) is 0 Å². The summed E-state index contributed by atoms with van der Waals surface area (Å²) in [5.74, 6) is -0.817. The van der Waals surface area contributed by atoms with Gasteiger partial charge in [-0.3, -0.25) is 14.2 Å². The summed E-state index contributed by atoms with van der Waals surface area (Å²) >= 11 is 0. The Morgan fingerprint density at radius 1 is 0.376 bits per heavy atom. The van der Waals surface area contributed by atoms with Crippen molar-refractivity contribution >= 4 is 19.8 Å². The fourth-order valence-corrected chi connectivity index (χ4v) is 11.0. The normalized spacial score (nSPS) is 13.6. The van der Waals surface area contributed by atoms with Crippen LogP contribution >= 0.6 is 7.82 Å². The van der Waals surface area contributed by atoms with Crippen LogP contribution in [0.4, 0.5) is 0 Å². The van der Waals surface area contributed by atoms with Crippen LogP contribution in [0.3, 0.4) is 0 Å². The Hall–Kier alpha value is -2.81. The first-order valence-electron chi connectivity index (χ1n) is 35.8. The number of quaternary nitrogens is 1. The number of unbranched alkanes of at least 4 members (excludes halogenated alkanes) is 38. The Kier molecular flexibility index (Phi) is 63.5. The molecule has 0 fully saturated rings. The van der Waals surface area contributed by atoms with E-state index in [0.717, 1.165) is 83.5 Å². The van der Waals surface area contributed by atoms with Crippen molar-refractivity contribution < 1.29 is 42.1 Å². The second-order valence-corrected chi connectivity index (χ2v) is 26.6. The predicted octanol–water partition coefficient (Wildman–Crippen LogP) is 22.7. The van der Waals surface area contributed by atoms with Crippen molar-refractivity contribution in [1.29, 1.82) is 0 Å². The number of likely N-dealkylation sites (N-methyl/N-ethyl adjacent to an activating group) is 1. The highest BCUT2D eigenvalue weighted by molar-refractivity contribution is 7.45. The van der Waals surface area contributed by atoms with Crippen molar-refractivity contribution in [3.8, 4) is 0 Å². The van der Waals surface area contributed by atoms with Crippen molar-refractivity contribution in [2.75, 3.05) is 47.5 Å². The van der Waals surface area contributed by atoms with E-state index in [-0.39, 0.29) is 32.0 Å². The lowest BCUT2D eigenvalue weighted by atomic mass is 10.0. The van der Waals surface area contributed by atoms with Gasteiger partial charge in [0.15, 0.2) is 6.10 Å². The smallest absolute Gasteiger partial charge is 0.306 e. The summed E-state index contributed by atoms with van der Waals surface area (Å²) in [5.41, 5.74) is 0. The lowest BCUT2D eigenvalue weighted by Crippen LogP contribution is -2.37. The minimum atomic E-state index is -4.64. The third-order valence-corrected chi connectivity index (χ3v) is 16.6. The molecule has 0 N–H and O–H groups in total. The Balaban J connectivity index is 3.98. The van der Waals surface area contributed by atoms with E-state index >= 15 is 0 Å². The third kappa shape index (κ3) is 70.2. The largest absolute Gasteiger partial charge is 0.756 e. The summed E-state index contributed by atoms with van der Waals surface area (Å²) in [6.07, 6.45) is 89.5. The molecule has 0 saturated carbocycles. The molecule has 0 heterocycles. The highest BCUT2D eigenvalue weighted by atomic mass is 31.2. The summed E-state index contributed by atoms with van der Waals surface area (Å²) in [4.78, 5) is 38.1. The van der Waals surface area contributed by atoms with Crippen molar-refractivity contribution in [1.82, 2.24) is 0 Å². The maximum absolute atomic E-state index is 12.9. The number of rotatable bonds is 66. The molecule has 0 spiro atoms. The molecule has 85 heavy (non-hydrogen) atoms. The first-order valence-corrected chi connectivity index (χ1v) is 37.3. The number of hydrogen-bond donors (Lipinski definition) is 0. The summed E-state index contributed by atoms with van der Waals surface area (Å²) in [7, 11) is 1.18. The number of phosphoric ester groups is 1. The molecule has 0 aromatic heterocycles. The van der Waals surface area contributed by atoms with Crippen molar-refractivity contribution in [2.45, 2.75) is 335 Å². The van der Waals surface area contributed by atoms with Gasteiger partial charge in [0.25, 0.3) is 7.82 Å². The van der Waals surface area contributed by atoms with Gasteiger partial charge in [0.2, 0.25) is 0 Å². The highest BCUT2D eigenvalue weighted by Gasteiger charge is 2.22. The van der Waals surface area contributed by atoms with E-state index in [1.807, 2.05) is 21.1 Å². The Morgan fingerprint density at radius 2 is 0.671 bits per heavy atom. The molecule has 494 valence electrons. The predicted molar refractivity (Wildman–Crippen MR) is 365 cm³/mol. The molecule has 0 radical (unpaired) electrons. The number of allylic oxidation sites excluding steroid dienone is 14. The van der Waals surface area contributed by atoms with Crippen LogP contribution in [0.2, 0.25) is 0 Å². The van der Waals surface area contributed by atoms with Gasteiger partial charge in [0.05, 0.1) is 27.7 Å². The lowest BCUT2D eigenvalue weighted by Gasteiger charge is -2.28. The number of nitrogens with zero attached hydrogens (tertiary/aromatic N) is 1. The van der Waals surface area contributed by atoms with Gasteiger partial charge >= 0.3 is 11.9 Å². The molecule has 2 unspecified atom stereocenters. The molecular formula is C75H136NO8P. The molecule has 10 heteroatoms. The van der Waals surface area contributed by atoms with Crippen molar-refractivity contribution in [3.05, 3.63) is 85.1 Å². The first kappa shape index (κ1) is 82.2. The molecule has 0 aromatic rings. The zero-order valence-corrected chi connectivity index (χ0v) is 57.2. The summed E-state index contributed by atoms with van der Waals surface area (Å²) in [5, 5.41) is 0. The van der Waals surface area contributed by atoms with E-state index in [1.165, 1.54) is 212 Å². The average molecular weight is 1210 g/mol. The molecule has 9 nitrogen and oxygen atoms in total. The fourth-order valence-electron chi connectivity index (χ4n) is 10.2. The SMILES string of the molecule is CC/C=C\C/C=C\C/C=C\C/C=C\C/C=C\C/C=C\C/C=C\CCCCCCCCCCCCCCCCCCCC(=O)OC(COC(=O)CCCCCCCCCCCCCCCCCCCCCCCC)COP(=O)([O-])OCC[N+](C)(C)C. The second-order valence-electron chi connectivity index (χ2n) is 25.2. The van der Waals surface area contributed by atoms with Gasteiger partial charge < -0.3 is 27.9 Å². The van der Waals surface area contributed by atoms with Crippen LogP contribution in [-0.4, -0.2) is 70.0 Å². The standard InChI is InChI=1S/C75H136NO8P/c1-6-8-10-12-14-16-18-20-22-24-26-28-30-31-32-33-34-35-36-37-38-39-40-41-42-43-44-45-46-48-50-52-54-56-58-60-62-64-66-68-75(78)84-73(72-83-85(79,80)82-70-69-76(3,4)5)71-81-74(77)67-65-63-61-59-57-55-53-51-49-47-29-27-25-23-21-19-17-15-13-11-9-7-2/h8,10,14,16,20,22,26,28,31-32,34-35,37-38,73H,6-7,9,11-13,15,17-19,21,23-25,27,29-30,33,36,39-72H2,1-5H3/b10-8-,16-14-,22-20-,28-26-,32-31-,35-34-,38-37-. The lowest BCUT2D eigenvalue weighted by molar-refractivity contribution is -0.870. The number of esters is 2. The molecule has 0 aromatic carbocycles. The van der Waals surface area contributed by atoms with Crippen LogP contribution in [0.1, 0.15) is 328 Å². The summed E-state index contributed by atoms with van der Waals surface area (Å²) in [6.45, 7) is 4.18. The number of carbonyl (C=O) groups is 2. The highest BCUT2D eigenvalue weighted by Crippen LogP contribution is 2.38. The van der Waals surface area contributed by atoms with E-state index in [4.69, 9.17) is 18.5 Å². The second kappa shape index (κ2) is 65.6. The summed E-state index contributed by atoms with van der Waals surface area (Å²) < 4.78 is 34.3. The molecule has 0 aliphatic rings. The molecule has 0 amide bonds. The van der Waals surface area contributed by atoms with Gasteiger partial charge in [-0.25, -0.2) is 0 Å².